The summed E-state index contributed by atoms with van der Waals surface area (Å²) in [6.45, 7) is 5.79. The van der Waals surface area contributed by atoms with Gasteiger partial charge in [0.1, 0.15) is 5.75 Å². The predicted molar refractivity (Wildman–Crippen MR) is 158 cm³/mol. The van der Waals surface area contributed by atoms with Crippen LogP contribution < -0.4 is 4.74 Å². The van der Waals surface area contributed by atoms with E-state index in [1.807, 2.05) is 18.2 Å². The molecule has 0 radical (unpaired) electrons. The van der Waals surface area contributed by atoms with E-state index < -0.39 is 6.36 Å². The summed E-state index contributed by atoms with van der Waals surface area (Å²) in [5, 5.41) is 2.08. The minimum absolute atomic E-state index is 0.209. The molecule has 4 aromatic rings. The van der Waals surface area contributed by atoms with Crippen LogP contribution in [-0.4, -0.2) is 46.9 Å². The number of halogens is 4. The van der Waals surface area contributed by atoms with Crippen LogP contribution in [0.4, 0.5) is 13.2 Å². The monoisotopic (exact) mass is 581 g/mol. The first kappa shape index (κ1) is 28.1. The van der Waals surface area contributed by atoms with Gasteiger partial charge in [0.15, 0.2) is 0 Å². The van der Waals surface area contributed by atoms with E-state index in [9.17, 15) is 13.2 Å². The van der Waals surface area contributed by atoms with Crippen LogP contribution in [0.5, 0.6) is 5.75 Å². The fourth-order valence-corrected chi connectivity index (χ4v) is 6.59. The van der Waals surface area contributed by atoms with Gasteiger partial charge in [-0.2, -0.15) is 0 Å². The van der Waals surface area contributed by atoms with E-state index in [-0.39, 0.29) is 5.75 Å². The molecule has 1 aliphatic carbocycles. The first-order valence-corrected chi connectivity index (χ1v) is 14.9. The van der Waals surface area contributed by atoms with Gasteiger partial charge in [-0.1, -0.05) is 55.1 Å². The van der Waals surface area contributed by atoms with Crippen LogP contribution in [0.3, 0.4) is 0 Å². The number of alkyl halides is 3. The molecule has 1 aromatic heterocycles. The number of rotatable bonds is 7. The summed E-state index contributed by atoms with van der Waals surface area (Å²) in [7, 11) is 0. The molecule has 0 amide bonds. The van der Waals surface area contributed by atoms with Crippen LogP contribution in [0.2, 0.25) is 5.02 Å². The van der Waals surface area contributed by atoms with Gasteiger partial charge in [0, 0.05) is 61.6 Å². The average Bonchev–Trinajstić information content (AvgIpc) is 3.34. The standard InChI is InChI=1S/C33H35ClF3N3O/c34-31-9-5-4-8-26(31)22-39-18-16-38(17-19-39)21-24-10-15-32-29(20-24)30(25-6-2-1-3-7-25)23-40(32)27-11-13-28(14-12-27)41-33(35,36)37/h4-5,8-15,20,23,25H,1-3,6-7,16-19,21-22H2. The Hall–Kier alpha value is -3.00. The van der Waals surface area contributed by atoms with Crippen molar-refractivity contribution >= 4 is 22.5 Å². The molecule has 0 N–H and O–H groups in total. The second-order valence-electron chi connectivity index (χ2n) is 11.3. The first-order valence-electron chi connectivity index (χ1n) is 14.5. The molecule has 0 bridgehead atoms. The molecule has 0 unspecified atom stereocenters. The van der Waals surface area contributed by atoms with E-state index in [0.717, 1.165) is 55.5 Å². The van der Waals surface area contributed by atoms with Crippen LogP contribution in [0.25, 0.3) is 16.6 Å². The van der Waals surface area contributed by atoms with Gasteiger partial charge < -0.3 is 9.30 Å². The molecule has 2 heterocycles. The number of hydrogen-bond donors (Lipinski definition) is 0. The topological polar surface area (TPSA) is 20.6 Å². The zero-order chi connectivity index (χ0) is 28.4. The number of fused-ring (bicyclic) bond motifs is 1. The van der Waals surface area contributed by atoms with Crippen molar-refractivity contribution in [3.8, 4) is 11.4 Å². The second kappa shape index (κ2) is 12.1. The molecule has 3 aromatic carbocycles. The third kappa shape index (κ3) is 6.74. The molecule has 6 rings (SSSR count). The van der Waals surface area contributed by atoms with E-state index in [2.05, 4.69) is 49.6 Å². The summed E-state index contributed by atoms with van der Waals surface area (Å²) in [6.07, 6.45) is 3.61. The van der Waals surface area contributed by atoms with Crippen molar-refractivity contribution in [2.24, 2.45) is 0 Å². The molecule has 216 valence electrons. The van der Waals surface area contributed by atoms with Crippen LogP contribution in [0.15, 0.2) is 72.9 Å². The van der Waals surface area contributed by atoms with Crippen molar-refractivity contribution < 1.29 is 17.9 Å². The second-order valence-corrected chi connectivity index (χ2v) is 11.7. The van der Waals surface area contributed by atoms with Gasteiger partial charge in [-0.05, 0) is 77.9 Å². The molecule has 4 nitrogen and oxygen atoms in total. The van der Waals surface area contributed by atoms with Crippen molar-refractivity contribution in [3.05, 3.63) is 94.6 Å². The van der Waals surface area contributed by atoms with Gasteiger partial charge in [0.25, 0.3) is 0 Å². The molecule has 1 aliphatic heterocycles. The highest BCUT2D eigenvalue weighted by Gasteiger charge is 2.31. The van der Waals surface area contributed by atoms with Crippen LogP contribution in [0, 0.1) is 0 Å². The molecular formula is C33H35ClF3N3O. The van der Waals surface area contributed by atoms with Crippen molar-refractivity contribution in [1.29, 1.82) is 0 Å². The third-order valence-corrected chi connectivity index (χ3v) is 8.88. The molecule has 2 aliphatic rings. The summed E-state index contributed by atoms with van der Waals surface area (Å²) in [5.41, 5.74) is 5.73. The first-order chi connectivity index (χ1) is 19.8. The fraction of sp³-hybridized carbons (Fsp3) is 0.394. The summed E-state index contributed by atoms with van der Waals surface area (Å²) in [5.74, 6) is 0.295. The molecule has 8 heteroatoms. The maximum Gasteiger partial charge on any atom is 0.573 e. The number of nitrogens with zero attached hydrogens (tertiary/aromatic N) is 3. The third-order valence-electron chi connectivity index (χ3n) is 8.52. The molecule has 0 atom stereocenters. The summed E-state index contributed by atoms with van der Waals surface area (Å²) in [6, 6.07) is 20.9. The maximum absolute atomic E-state index is 12.7. The lowest BCUT2D eigenvalue weighted by atomic mass is 9.84. The Morgan fingerprint density at radius 2 is 1.49 bits per heavy atom. The van der Waals surface area contributed by atoms with Crippen molar-refractivity contribution in [3.63, 3.8) is 0 Å². The number of piperazine rings is 1. The zero-order valence-corrected chi connectivity index (χ0v) is 23.8. The highest BCUT2D eigenvalue weighted by molar-refractivity contribution is 6.31. The van der Waals surface area contributed by atoms with Crippen LogP contribution >= 0.6 is 11.6 Å². The Bertz CT molecular complexity index is 1470. The van der Waals surface area contributed by atoms with Crippen LogP contribution in [-0.2, 0) is 13.1 Å². The summed E-state index contributed by atoms with van der Waals surface area (Å²) in [4.78, 5) is 4.98. The minimum Gasteiger partial charge on any atom is -0.406 e. The van der Waals surface area contributed by atoms with Gasteiger partial charge in [-0.3, -0.25) is 9.80 Å². The fourth-order valence-electron chi connectivity index (χ4n) is 6.39. The highest BCUT2D eigenvalue weighted by atomic mass is 35.5. The minimum atomic E-state index is -4.70. The molecule has 41 heavy (non-hydrogen) atoms. The molecule has 1 saturated carbocycles. The summed E-state index contributed by atoms with van der Waals surface area (Å²) >= 11 is 6.38. The Balaban J connectivity index is 1.21. The van der Waals surface area contributed by atoms with Gasteiger partial charge in [-0.15, -0.1) is 13.2 Å². The lowest BCUT2D eigenvalue weighted by molar-refractivity contribution is -0.274. The zero-order valence-electron chi connectivity index (χ0n) is 23.0. The van der Waals surface area contributed by atoms with Gasteiger partial charge in [0.05, 0.1) is 5.52 Å². The smallest absolute Gasteiger partial charge is 0.406 e. The SMILES string of the molecule is FC(F)(F)Oc1ccc(-n2cc(C3CCCCC3)c3cc(CN4CCN(Cc5ccccc5Cl)CC4)ccc32)cc1. The molecular weight excluding hydrogens is 547 g/mol. The highest BCUT2D eigenvalue weighted by Crippen LogP contribution is 2.39. The van der Waals surface area contributed by atoms with E-state index >= 15 is 0 Å². The lowest BCUT2D eigenvalue weighted by Gasteiger charge is -2.35. The number of hydrogen-bond acceptors (Lipinski definition) is 3. The van der Waals surface area contributed by atoms with Crippen molar-refractivity contribution in [2.75, 3.05) is 26.2 Å². The molecule has 1 saturated heterocycles. The van der Waals surface area contributed by atoms with E-state index in [1.165, 1.54) is 66.3 Å². The van der Waals surface area contributed by atoms with Crippen molar-refractivity contribution in [2.45, 2.75) is 57.5 Å². The number of benzene rings is 3. The Morgan fingerprint density at radius 3 is 2.17 bits per heavy atom. The number of ether oxygens (including phenoxy) is 1. The summed E-state index contributed by atoms with van der Waals surface area (Å²) < 4.78 is 44.2. The van der Waals surface area contributed by atoms with Crippen LogP contribution in [0.1, 0.15) is 54.7 Å². The quantitative estimate of drug-likeness (QED) is 0.218. The molecule has 0 spiro atoms. The molecule has 2 fully saturated rings. The van der Waals surface area contributed by atoms with Gasteiger partial charge in [0.2, 0.25) is 0 Å². The number of aromatic nitrogens is 1. The Kier molecular flexibility index (Phi) is 8.29. The Labute approximate surface area is 244 Å². The van der Waals surface area contributed by atoms with E-state index in [4.69, 9.17) is 11.6 Å². The van der Waals surface area contributed by atoms with Crippen molar-refractivity contribution in [1.82, 2.24) is 14.4 Å². The maximum atomic E-state index is 12.7. The van der Waals surface area contributed by atoms with Gasteiger partial charge >= 0.3 is 6.36 Å². The van der Waals surface area contributed by atoms with Gasteiger partial charge in [-0.25, -0.2) is 0 Å². The predicted octanol–water partition coefficient (Wildman–Crippen LogP) is 8.55. The van der Waals surface area contributed by atoms with E-state index in [1.54, 1.807) is 12.1 Å². The normalized spacial score (nSPS) is 17.8. The van der Waals surface area contributed by atoms with E-state index in [0.29, 0.717) is 5.92 Å². The largest absolute Gasteiger partial charge is 0.573 e. The Morgan fingerprint density at radius 1 is 0.805 bits per heavy atom. The lowest BCUT2D eigenvalue weighted by Crippen LogP contribution is -2.45. The average molecular weight is 582 g/mol.